The number of hydrogen-bond donors (Lipinski definition) is 2. The molecule has 0 aromatic heterocycles. The maximum absolute atomic E-state index is 12.1. The van der Waals surface area contributed by atoms with Crippen LogP contribution in [-0.4, -0.2) is 28.3 Å². The van der Waals surface area contributed by atoms with E-state index in [0.29, 0.717) is 6.42 Å². The highest BCUT2D eigenvalue weighted by atomic mass is 32.2. The molecule has 2 unspecified atom stereocenters. The van der Waals surface area contributed by atoms with Crippen molar-refractivity contribution < 1.29 is 14.7 Å². The van der Waals surface area contributed by atoms with Gasteiger partial charge in [0.05, 0.1) is 11.7 Å². The van der Waals surface area contributed by atoms with Crippen molar-refractivity contribution in [3.05, 3.63) is 29.8 Å². The molecule has 0 fully saturated rings. The summed E-state index contributed by atoms with van der Waals surface area (Å²) in [5.41, 5.74) is 1.19. The first kappa shape index (κ1) is 13.9. The number of carbonyl (C=O) groups excluding carboxylic acids is 1. The van der Waals surface area contributed by atoms with Gasteiger partial charge in [0.1, 0.15) is 0 Å². The fraction of sp³-hybridized carbons (Fsp3) is 0.429. The number of amides is 1. The minimum absolute atomic E-state index is 0.0213. The lowest BCUT2D eigenvalue weighted by molar-refractivity contribution is -0.137. The fourth-order valence-electron chi connectivity index (χ4n) is 2.13. The van der Waals surface area contributed by atoms with E-state index in [1.807, 2.05) is 31.2 Å². The Morgan fingerprint density at radius 2 is 2.21 bits per heavy atom. The van der Waals surface area contributed by atoms with Crippen LogP contribution in [0.4, 0.5) is 0 Å². The number of carbonyl (C=O) groups is 2. The van der Waals surface area contributed by atoms with Crippen molar-refractivity contribution in [1.29, 1.82) is 0 Å². The van der Waals surface area contributed by atoms with Gasteiger partial charge < -0.3 is 10.4 Å². The standard InChI is InChI=1S/C14H17NO3S/c1-2-10(8-13(16)17)15-14(18)12-7-9-5-3-4-6-11(9)19-12/h3-6,10,12H,2,7-8H2,1H3,(H,15,18)(H,16,17). The number of hydrogen-bond acceptors (Lipinski definition) is 3. The quantitative estimate of drug-likeness (QED) is 0.866. The van der Waals surface area contributed by atoms with Gasteiger partial charge in [-0.25, -0.2) is 0 Å². The molecule has 0 saturated heterocycles. The zero-order valence-corrected chi connectivity index (χ0v) is 11.6. The maximum atomic E-state index is 12.1. The van der Waals surface area contributed by atoms with Gasteiger partial charge >= 0.3 is 5.97 Å². The van der Waals surface area contributed by atoms with E-state index >= 15 is 0 Å². The highest BCUT2D eigenvalue weighted by Gasteiger charge is 2.29. The van der Waals surface area contributed by atoms with Crippen LogP contribution < -0.4 is 5.32 Å². The molecule has 1 aliphatic rings. The summed E-state index contributed by atoms with van der Waals surface area (Å²) < 4.78 is 0. The SMILES string of the molecule is CCC(CC(=O)O)NC(=O)C1Cc2ccccc2S1. The number of fused-ring (bicyclic) bond motifs is 1. The van der Waals surface area contributed by atoms with Gasteiger partial charge in [0.25, 0.3) is 0 Å². The zero-order chi connectivity index (χ0) is 13.8. The van der Waals surface area contributed by atoms with E-state index in [9.17, 15) is 9.59 Å². The van der Waals surface area contributed by atoms with E-state index in [1.54, 1.807) is 11.8 Å². The summed E-state index contributed by atoms with van der Waals surface area (Å²) >= 11 is 1.56. The largest absolute Gasteiger partial charge is 0.481 e. The lowest BCUT2D eigenvalue weighted by atomic mass is 10.1. The number of thioether (sulfide) groups is 1. The average Bonchev–Trinajstić information content (AvgIpc) is 2.81. The third kappa shape index (κ3) is 3.50. The topological polar surface area (TPSA) is 66.4 Å². The summed E-state index contributed by atoms with van der Waals surface area (Å²) in [5.74, 6) is -0.941. The molecule has 102 valence electrons. The number of aliphatic carboxylic acids is 1. The Kier molecular flexibility index (Phi) is 4.47. The zero-order valence-electron chi connectivity index (χ0n) is 10.8. The second-order valence-electron chi connectivity index (χ2n) is 4.63. The van der Waals surface area contributed by atoms with Crippen LogP contribution in [0.2, 0.25) is 0 Å². The third-order valence-electron chi connectivity index (χ3n) is 3.20. The Balaban J connectivity index is 1.93. The Bertz CT molecular complexity index is 464. The van der Waals surface area contributed by atoms with Crippen molar-refractivity contribution >= 4 is 23.6 Å². The molecule has 5 heteroatoms. The number of benzene rings is 1. The molecule has 4 nitrogen and oxygen atoms in total. The van der Waals surface area contributed by atoms with Crippen molar-refractivity contribution in [3.8, 4) is 0 Å². The molecular formula is C14H17NO3S. The van der Waals surface area contributed by atoms with Crippen molar-refractivity contribution in [3.63, 3.8) is 0 Å². The molecule has 19 heavy (non-hydrogen) atoms. The van der Waals surface area contributed by atoms with Gasteiger partial charge in [0, 0.05) is 10.9 Å². The third-order valence-corrected chi connectivity index (χ3v) is 4.52. The first-order chi connectivity index (χ1) is 9.10. The van der Waals surface area contributed by atoms with Crippen molar-refractivity contribution in [2.45, 2.75) is 42.4 Å². The second-order valence-corrected chi connectivity index (χ2v) is 5.87. The maximum Gasteiger partial charge on any atom is 0.305 e. The molecule has 1 aromatic carbocycles. The molecule has 2 N–H and O–H groups in total. The van der Waals surface area contributed by atoms with Crippen LogP contribution in [0.25, 0.3) is 0 Å². The van der Waals surface area contributed by atoms with Gasteiger partial charge in [-0.05, 0) is 24.5 Å². The molecule has 0 aliphatic carbocycles. The molecule has 1 aliphatic heterocycles. The lowest BCUT2D eigenvalue weighted by Gasteiger charge is -2.17. The van der Waals surface area contributed by atoms with Crippen molar-refractivity contribution in [2.24, 2.45) is 0 Å². The summed E-state index contributed by atoms with van der Waals surface area (Å²) in [6, 6.07) is 7.70. The van der Waals surface area contributed by atoms with Crippen molar-refractivity contribution in [1.82, 2.24) is 5.32 Å². The van der Waals surface area contributed by atoms with E-state index in [4.69, 9.17) is 5.11 Å². The molecule has 1 aromatic rings. The van der Waals surface area contributed by atoms with Gasteiger partial charge in [-0.1, -0.05) is 25.1 Å². The fourth-order valence-corrected chi connectivity index (χ4v) is 3.34. The van der Waals surface area contributed by atoms with Gasteiger partial charge in [-0.15, -0.1) is 11.8 Å². The minimum atomic E-state index is -0.880. The minimum Gasteiger partial charge on any atom is -0.481 e. The average molecular weight is 279 g/mol. The summed E-state index contributed by atoms with van der Waals surface area (Å²) in [6.07, 6.45) is 1.32. The van der Waals surface area contributed by atoms with E-state index < -0.39 is 5.97 Å². The van der Waals surface area contributed by atoms with Crippen LogP contribution in [0.3, 0.4) is 0 Å². The van der Waals surface area contributed by atoms with Gasteiger partial charge in [0.15, 0.2) is 0 Å². The van der Waals surface area contributed by atoms with Crippen LogP contribution in [0, 0.1) is 0 Å². The smallest absolute Gasteiger partial charge is 0.305 e. The normalized spacial score (nSPS) is 18.7. The molecule has 1 amide bonds. The molecule has 2 rings (SSSR count). The Hall–Kier alpha value is -1.49. The number of carboxylic acid groups (broad SMARTS) is 1. The molecule has 0 spiro atoms. The number of nitrogens with one attached hydrogen (secondary N) is 1. The number of rotatable bonds is 5. The summed E-state index contributed by atoms with van der Waals surface area (Å²) in [7, 11) is 0. The molecule has 0 bridgehead atoms. The van der Waals surface area contributed by atoms with E-state index in [1.165, 1.54) is 5.56 Å². The summed E-state index contributed by atoms with van der Waals surface area (Å²) in [4.78, 5) is 24.0. The predicted octanol–water partition coefficient (Wildman–Crippen LogP) is 2.07. The Morgan fingerprint density at radius 1 is 1.47 bits per heavy atom. The summed E-state index contributed by atoms with van der Waals surface area (Å²) in [6.45, 7) is 1.88. The highest BCUT2D eigenvalue weighted by molar-refractivity contribution is 8.01. The van der Waals surface area contributed by atoms with E-state index in [-0.39, 0.29) is 23.6 Å². The molecule has 0 radical (unpaired) electrons. The monoisotopic (exact) mass is 279 g/mol. The summed E-state index contributed by atoms with van der Waals surface area (Å²) in [5, 5.41) is 11.5. The van der Waals surface area contributed by atoms with E-state index in [0.717, 1.165) is 11.3 Å². The van der Waals surface area contributed by atoms with Crippen LogP contribution in [0.15, 0.2) is 29.2 Å². The van der Waals surface area contributed by atoms with Gasteiger partial charge in [-0.3, -0.25) is 9.59 Å². The lowest BCUT2D eigenvalue weighted by Crippen LogP contribution is -2.41. The van der Waals surface area contributed by atoms with Crippen LogP contribution in [0.1, 0.15) is 25.3 Å². The molecule has 0 saturated carbocycles. The van der Waals surface area contributed by atoms with Gasteiger partial charge in [-0.2, -0.15) is 0 Å². The Morgan fingerprint density at radius 3 is 2.84 bits per heavy atom. The van der Waals surface area contributed by atoms with E-state index in [2.05, 4.69) is 5.32 Å². The molecule has 2 atom stereocenters. The number of carboxylic acids is 1. The first-order valence-electron chi connectivity index (χ1n) is 6.37. The molecule has 1 heterocycles. The van der Waals surface area contributed by atoms with Gasteiger partial charge in [0.2, 0.25) is 5.91 Å². The van der Waals surface area contributed by atoms with Crippen LogP contribution in [-0.2, 0) is 16.0 Å². The molecular weight excluding hydrogens is 262 g/mol. The Labute approximate surface area is 116 Å². The predicted molar refractivity (Wildman–Crippen MR) is 74.3 cm³/mol. The second kappa shape index (κ2) is 6.10. The van der Waals surface area contributed by atoms with Crippen LogP contribution in [0.5, 0.6) is 0 Å². The highest BCUT2D eigenvalue weighted by Crippen LogP contribution is 2.36. The van der Waals surface area contributed by atoms with Crippen LogP contribution >= 0.6 is 11.8 Å². The van der Waals surface area contributed by atoms with Crippen molar-refractivity contribution in [2.75, 3.05) is 0 Å². The first-order valence-corrected chi connectivity index (χ1v) is 7.24.